The standard InChI is InChI=1S/C20H25N5O2S/c1-2-17-21-22-20(28-17)25-14-16(12-18(25)26)19(27)24-10-8-23(9-11-24)13-15-6-4-3-5-7-15/h3-7,16H,2,8-14H2,1H3. The Kier molecular flexibility index (Phi) is 5.68. The summed E-state index contributed by atoms with van der Waals surface area (Å²) in [4.78, 5) is 31.3. The summed E-state index contributed by atoms with van der Waals surface area (Å²) in [6, 6.07) is 10.4. The molecule has 2 aliphatic rings. The third-order valence-electron chi connectivity index (χ3n) is 5.40. The maximum atomic E-state index is 12.9. The lowest BCUT2D eigenvalue weighted by Gasteiger charge is -2.35. The van der Waals surface area contributed by atoms with Gasteiger partial charge in [-0.25, -0.2) is 0 Å². The Morgan fingerprint density at radius 3 is 2.57 bits per heavy atom. The molecule has 0 saturated carbocycles. The topological polar surface area (TPSA) is 69.6 Å². The number of amides is 2. The van der Waals surface area contributed by atoms with Gasteiger partial charge < -0.3 is 4.90 Å². The van der Waals surface area contributed by atoms with Gasteiger partial charge in [0.2, 0.25) is 16.9 Å². The van der Waals surface area contributed by atoms with Gasteiger partial charge in [0.25, 0.3) is 0 Å². The molecule has 8 heteroatoms. The molecule has 0 bridgehead atoms. The van der Waals surface area contributed by atoms with Gasteiger partial charge in [0.1, 0.15) is 5.01 Å². The first kappa shape index (κ1) is 19.0. The van der Waals surface area contributed by atoms with E-state index in [0.29, 0.717) is 11.7 Å². The maximum Gasteiger partial charge on any atom is 0.229 e. The molecule has 1 aromatic heterocycles. The van der Waals surface area contributed by atoms with Crippen molar-refractivity contribution in [2.45, 2.75) is 26.3 Å². The Morgan fingerprint density at radius 2 is 1.89 bits per heavy atom. The Bertz CT molecular complexity index is 832. The smallest absolute Gasteiger partial charge is 0.229 e. The van der Waals surface area contributed by atoms with Crippen molar-refractivity contribution < 1.29 is 9.59 Å². The molecule has 3 heterocycles. The fraction of sp³-hybridized carbons (Fsp3) is 0.500. The van der Waals surface area contributed by atoms with E-state index in [1.54, 1.807) is 4.90 Å². The van der Waals surface area contributed by atoms with Crippen LogP contribution in [0, 0.1) is 5.92 Å². The quantitative estimate of drug-likeness (QED) is 0.767. The number of rotatable bonds is 5. The molecule has 1 unspecified atom stereocenters. The van der Waals surface area contributed by atoms with Crippen molar-refractivity contribution in [2.24, 2.45) is 5.92 Å². The molecule has 148 valence electrons. The zero-order valence-electron chi connectivity index (χ0n) is 16.1. The van der Waals surface area contributed by atoms with E-state index in [0.717, 1.165) is 44.2 Å². The minimum Gasteiger partial charge on any atom is -0.340 e. The SMILES string of the molecule is CCc1nnc(N2CC(C(=O)N3CCN(Cc4ccccc4)CC3)CC2=O)s1. The number of anilines is 1. The van der Waals surface area contributed by atoms with Gasteiger partial charge in [-0.2, -0.15) is 0 Å². The van der Waals surface area contributed by atoms with Gasteiger partial charge in [0, 0.05) is 45.7 Å². The highest BCUT2D eigenvalue weighted by molar-refractivity contribution is 7.15. The highest BCUT2D eigenvalue weighted by Gasteiger charge is 2.39. The number of aryl methyl sites for hydroxylation is 1. The monoisotopic (exact) mass is 399 g/mol. The zero-order valence-corrected chi connectivity index (χ0v) is 16.9. The molecule has 2 amide bonds. The van der Waals surface area contributed by atoms with Gasteiger partial charge >= 0.3 is 0 Å². The Labute approximate surface area is 169 Å². The molecule has 1 atom stereocenters. The van der Waals surface area contributed by atoms with Crippen molar-refractivity contribution in [3.8, 4) is 0 Å². The molecule has 1 aromatic carbocycles. The van der Waals surface area contributed by atoms with Crippen LogP contribution in [0.15, 0.2) is 30.3 Å². The van der Waals surface area contributed by atoms with Crippen molar-refractivity contribution in [3.05, 3.63) is 40.9 Å². The van der Waals surface area contributed by atoms with E-state index in [-0.39, 0.29) is 24.2 Å². The molecular weight excluding hydrogens is 374 g/mol. The van der Waals surface area contributed by atoms with Crippen molar-refractivity contribution in [1.82, 2.24) is 20.0 Å². The summed E-state index contributed by atoms with van der Waals surface area (Å²) in [5.74, 6) is -0.211. The summed E-state index contributed by atoms with van der Waals surface area (Å²) in [5.41, 5.74) is 1.29. The van der Waals surface area contributed by atoms with Gasteiger partial charge in [-0.05, 0) is 12.0 Å². The van der Waals surface area contributed by atoms with Crippen LogP contribution in [0.4, 0.5) is 5.13 Å². The number of carbonyl (C=O) groups excluding carboxylic acids is 2. The number of hydrogen-bond acceptors (Lipinski definition) is 6. The Morgan fingerprint density at radius 1 is 1.14 bits per heavy atom. The predicted molar refractivity (Wildman–Crippen MR) is 108 cm³/mol. The average Bonchev–Trinajstić information content (AvgIpc) is 3.35. The minimum atomic E-state index is -0.276. The van der Waals surface area contributed by atoms with Crippen LogP contribution in [0.25, 0.3) is 0 Å². The second-order valence-electron chi connectivity index (χ2n) is 7.32. The molecule has 0 spiro atoms. The van der Waals surface area contributed by atoms with Crippen LogP contribution in [0.3, 0.4) is 0 Å². The molecule has 0 aliphatic carbocycles. The number of hydrogen-bond donors (Lipinski definition) is 0. The summed E-state index contributed by atoms with van der Waals surface area (Å²) < 4.78 is 0. The van der Waals surface area contributed by atoms with Crippen molar-refractivity contribution in [3.63, 3.8) is 0 Å². The van der Waals surface area contributed by atoms with E-state index in [1.165, 1.54) is 16.9 Å². The molecule has 0 N–H and O–H groups in total. The Balaban J connectivity index is 1.31. The van der Waals surface area contributed by atoms with Gasteiger partial charge in [-0.3, -0.25) is 19.4 Å². The van der Waals surface area contributed by atoms with Gasteiger partial charge in [-0.1, -0.05) is 48.6 Å². The van der Waals surface area contributed by atoms with Gasteiger partial charge in [-0.15, -0.1) is 10.2 Å². The minimum absolute atomic E-state index is 0.0279. The summed E-state index contributed by atoms with van der Waals surface area (Å²) in [6.45, 7) is 6.50. The highest BCUT2D eigenvalue weighted by Crippen LogP contribution is 2.29. The fourth-order valence-electron chi connectivity index (χ4n) is 3.78. The van der Waals surface area contributed by atoms with Crippen molar-refractivity contribution in [1.29, 1.82) is 0 Å². The molecule has 28 heavy (non-hydrogen) atoms. The molecule has 2 fully saturated rings. The van der Waals surface area contributed by atoms with Gasteiger partial charge in [0.05, 0.1) is 5.92 Å². The van der Waals surface area contributed by atoms with Crippen LogP contribution in [0.2, 0.25) is 0 Å². The summed E-state index contributed by atoms with van der Waals surface area (Å²) in [5, 5.41) is 9.73. The first-order chi connectivity index (χ1) is 13.6. The van der Waals surface area contributed by atoms with E-state index in [9.17, 15) is 9.59 Å². The number of nitrogens with zero attached hydrogens (tertiary/aromatic N) is 5. The van der Waals surface area contributed by atoms with Crippen LogP contribution in [0.5, 0.6) is 0 Å². The first-order valence-electron chi connectivity index (χ1n) is 9.82. The fourth-order valence-corrected chi connectivity index (χ4v) is 4.59. The maximum absolute atomic E-state index is 12.9. The lowest BCUT2D eigenvalue weighted by atomic mass is 10.1. The predicted octanol–water partition coefficient (Wildman–Crippen LogP) is 1.80. The molecular formula is C20H25N5O2S. The van der Waals surface area contributed by atoms with E-state index in [2.05, 4.69) is 39.4 Å². The van der Waals surface area contributed by atoms with Crippen molar-refractivity contribution >= 4 is 28.3 Å². The largest absolute Gasteiger partial charge is 0.340 e. The summed E-state index contributed by atoms with van der Waals surface area (Å²) in [7, 11) is 0. The first-order valence-corrected chi connectivity index (χ1v) is 10.6. The van der Waals surface area contributed by atoms with Crippen molar-refractivity contribution in [2.75, 3.05) is 37.6 Å². The Hall–Kier alpha value is -2.32. The molecule has 0 radical (unpaired) electrons. The average molecular weight is 400 g/mol. The highest BCUT2D eigenvalue weighted by atomic mass is 32.1. The van der Waals surface area contributed by atoms with Gasteiger partial charge in [0.15, 0.2) is 0 Å². The number of aromatic nitrogens is 2. The lowest BCUT2D eigenvalue weighted by molar-refractivity contribution is -0.137. The molecule has 2 aliphatic heterocycles. The lowest BCUT2D eigenvalue weighted by Crippen LogP contribution is -2.50. The second kappa shape index (κ2) is 8.36. The number of carbonyl (C=O) groups is 2. The number of benzene rings is 1. The molecule has 4 rings (SSSR count). The molecule has 2 aromatic rings. The van der Waals surface area contributed by atoms with Crippen LogP contribution < -0.4 is 4.90 Å². The molecule has 2 saturated heterocycles. The summed E-state index contributed by atoms with van der Waals surface area (Å²) in [6.07, 6.45) is 1.07. The van der Waals surface area contributed by atoms with Crippen LogP contribution >= 0.6 is 11.3 Å². The van der Waals surface area contributed by atoms with E-state index in [1.807, 2.05) is 17.9 Å². The van der Waals surface area contributed by atoms with E-state index < -0.39 is 0 Å². The van der Waals surface area contributed by atoms with Crippen LogP contribution in [-0.4, -0.2) is 64.5 Å². The summed E-state index contributed by atoms with van der Waals surface area (Å²) >= 11 is 1.44. The van der Waals surface area contributed by atoms with E-state index in [4.69, 9.17) is 0 Å². The zero-order chi connectivity index (χ0) is 19.5. The third kappa shape index (κ3) is 4.07. The van der Waals surface area contributed by atoms with Crippen LogP contribution in [0.1, 0.15) is 23.9 Å². The number of piperazine rings is 1. The third-order valence-corrected chi connectivity index (χ3v) is 6.49. The van der Waals surface area contributed by atoms with Crippen LogP contribution in [-0.2, 0) is 22.6 Å². The molecule has 7 nitrogen and oxygen atoms in total. The normalized spacial score (nSPS) is 20.8. The second-order valence-corrected chi connectivity index (χ2v) is 8.36. The van der Waals surface area contributed by atoms with E-state index >= 15 is 0 Å².